The van der Waals surface area contributed by atoms with Crippen molar-refractivity contribution in [2.24, 2.45) is 0 Å². The summed E-state index contributed by atoms with van der Waals surface area (Å²) in [6, 6.07) is -0.221. The van der Waals surface area contributed by atoms with Crippen molar-refractivity contribution in [2.45, 2.75) is 52.1 Å². The molecule has 86 valence electrons. The first kappa shape index (κ1) is 14.0. The molecule has 0 fully saturated rings. The Morgan fingerprint density at radius 2 is 2.07 bits per heavy atom. The maximum Gasteiger partial charge on any atom is 0.236 e. The highest BCUT2D eigenvalue weighted by Crippen LogP contribution is 1.97. The largest absolute Gasteiger partial charge is 0.355 e. The number of hydrogen-bond acceptors (Lipinski definition) is 2. The van der Waals surface area contributed by atoms with Gasteiger partial charge in [-0.25, -0.2) is 0 Å². The first-order chi connectivity index (χ1) is 7.15. The summed E-state index contributed by atoms with van der Waals surface area (Å²) in [6.45, 7) is 6.66. The van der Waals surface area contributed by atoms with Gasteiger partial charge in [0.05, 0.1) is 12.1 Å². The molecule has 3 heteroatoms. The van der Waals surface area contributed by atoms with E-state index in [1.807, 2.05) is 13.8 Å². The SMILES string of the molecule is C#CC(CCC)NC(C)C(=O)NCCC. The van der Waals surface area contributed by atoms with E-state index in [9.17, 15) is 4.79 Å². The molecule has 0 aromatic heterocycles. The van der Waals surface area contributed by atoms with Gasteiger partial charge in [0.2, 0.25) is 5.91 Å². The molecule has 3 nitrogen and oxygen atoms in total. The lowest BCUT2D eigenvalue weighted by Crippen LogP contribution is -2.46. The fourth-order valence-corrected chi connectivity index (χ4v) is 1.28. The molecule has 0 heterocycles. The average molecular weight is 210 g/mol. The summed E-state index contributed by atoms with van der Waals surface area (Å²) in [4.78, 5) is 11.5. The standard InChI is InChI=1S/C12H22N2O/c1-5-8-11(7-3)14-10(4)12(15)13-9-6-2/h3,10-11,14H,5-6,8-9H2,1-2,4H3,(H,13,15). The molecule has 0 aromatic rings. The molecule has 0 aliphatic rings. The molecular formula is C12H22N2O. The predicted octanol–water partition coefficient (Wildman–Crippen LogP) is 1.29. The van der Waals surface area contributed by atoms with Crippen LogP contribution in [-0.2, 0) is 4.79 Å². The number of rotatable bonds is 7. The van der Waals surface area contributed by atoms with Crippen LogP contribution in [0.25, 0.3) is 0 Å². The predicted molar refractivity (Wildman–Crippen MR) is 63.4 cm³/mol. The fraction of sp³-hybridized carbons (Fsp3) is 0.750. The zero-order valence-corrected chi connectivity index (χ0v) is 9.97. The molecule has 0 aliphatic carbocycles. The van der Waals surface area contributed by atoms with Crippen LogP contribution in [0, 0.1) is 12.3 Å². The van der Waals surface area contributed by atoms with Crippen molar-refractivity contribution >= 4 is 5.91 Å². The van der Waals surface area contributed by atoms with Gasteiger partial charge < -0.3 is 5.32 Å². The van der Waals surface area contributed by atoms with E-state index in [4.69, 9.17) is 6.42 Å². The van der Waals surface area contributed by atoms with Crippen LogP contribution in [0.2, 0.25) is 0 Å². The Labute approximate surface area is 93.0 Å². The molecule has 15 heavy (non-hydrogen) atoms. The van der Waals surface area contributed by atoms with Crippen molar-refractivity contribution in [3.63, 3.8) is 0 Å². The third-order valence-electron chi connectivity index (χ3n) is 2.17. The van der Waals surface area contributed by atoms with Gasteiger partial charge in [-0.2, -0.15) is 0 Å². The van der Waals surface area contributed by atoms with Crippen LogP contribution in [-0.4, -0.2) is 24.5 Å². The molecule has 0 aliphatic heterocycles. The topological polar surface area (TPSA) is 41.1 Å². The van der Waals surface area contributed by atoms with E-state index in [0.29, 0.717) is 0 Å². The van der Waals surface area contributed by atoms with Crippen molar-refractivity contribution < 1.29 is 4.79 Å². The fourth-order valence-electron chi connectivity index (χ4n) is 1.28. The van der Waals surface area contributed by atoms with Gasteiger partial charge in [-0.1, -0.05) is 26.2 Å². The smallest absolute Gasteiger partial charge is 0.236 e. The molecule has 1 amide bonds. The first-order valence-corrected chi connectivity index (χ1v) is 5.65. The molecular weight excluding hydrogens is 188 g/mol. The summed E-state index contributed by atoms with van der Waals surface area (Å²) in [5.74, 6) is 2.68. The van der Waals surface area contributed by atoms with Crippen molar-refractivity contribution in [1.29, 1.82) is 0 Å². The van der Waals surface area contributed by atoms with Gasteiger partial charge in [-0.3, -0.25) is 10.1 Å². The number of carbonyl (C=O) groups excluding carboxylic acids is 1. The van der Waals surface area contributed by atoms with Crippen molar-refractivity contribution in [1.82, 2.24) is 10.6 Å². The van der Waals surface area contributed by atoms with Crippen LogP contribution in [0.4, 0.5) is 0 Å². The molecule has 2 atom stereocenters. The van der Waals surface area contributed by atoms with E-state index < -0.39 is 0 Å². The van der Waals surface area contributed by atoms with Gasteiger partial charge in [-0.15, -0.1) is 6.42 Å². The highest BCUT2D eigenvalue weighted by atomic mass is 16.2. The first-order valence-electron chi connectivity index (χ1n) is 5.65. The summed E-state index contributed by atoms with van der Waals surface area (Å²) in [5, 5.41) is 5.96. The number of hydrogen-bond donors (Lipinski definition) is 2. The third-order valence-corrected chi connectivity index (χ3v) is 2.17. The van der Waals surface area contributed by atoms with E-state index in [0.717, 1.165) is 25.8 Å². The molecule has 0 spiro atoms. The lowest BCUT2D eigenvalue weighted by Gasteiger charge is -2.18. The number of amides is 1. The summed E-state index contributed by atoms with van der Waals surface area (Å²) < 4.78 is 0. The molecule has 0 saturated heterocycles. The molecule has 0 radical (unpaired) electrons. The minimum atomic E-state index is -0.218. The van der Waals surface area contributed by atoms with E-state index in [1.165, 1.54) is 0 Å². The van der Waals surface area contributed by atoms with E-state index >= 15 is 0 Å². The second-order valence-electron chi connectivity index (χ2n) is 3.69. The maximum atomic E-state index is 11.5. The van der Waals surface area contributed by atoms with Crippen LogP contribution >= 0.6 is 0 Å². The van der Waals surface area contributed by atoms with Gasteiger partial charge >= 0.3 is 0 Å². The monoisotopic (exact) mass is 210 g/mol. The third kappa shape index (κ3) is 6.14. The van der Waals surface area contributed by atoms with E-state index in [1.54, 1.807) is 0 Å². The van der Waals surface area contributed by atoms with E-state index in [-0.39, 0.29) is 18.0 Å². The molecule has 2 unspecified atom stereocenters. The van der Waals surface area contributed by atoms with Crippen molar-refractivity contribution in [2.75, 3.05) is 6.54 Å². The normalized spacial score (nSPS) is 14.0. The molecule has 0 rings (SSSR count). The van der Waals surface area contributed by atoms with Gasteiger partial charge in [0.25, 0.3) is 0 Å². The lowest BCUT2D eigenvalue weighted by molar-refractivity contribution is -0.122. The Balaban J connectivity index is 3.93. The van der Waals surface area contributed by atoms with Crippen molar-refractivity contribution in [3.8, 4) is 12.3 Å². The summed E-state index contributed by atoms with van der Waals surface area (Å²) in [6.07, 6.45) is 8.24. The Morgan fingerprint density at radius 1 is 1.40 bits per heavy atom. The van der Waals surface area contributed by atoms with Gasteiger partial charge in [-0.05, 0) is 19.8 Å². The lowest BCUT2D eigenvalue weighted by atomic mass is 10.1. The summed E-state index contributed by atoms with van der Waals surface area (Å²) >= 11 is 0. The van der Waals surface area contributed by atoms with Crippen LogP contribution < -0.4 is 10.6 Å². The average Bonchev–Trinajstić information content (AvgIpc) is 2.24. The molecule has 2 N–H and O–H groups in total. The Kier molecular flexibility index (Phi) is 7.75. The van der Waals surface area contributed by atoms with Crippen LogP contribution in [0.3, 0.4) is 0 Å². The van der Waals surface area contributed by atoms with Crippen LogP contribution in [0.15, 0.2) is 0 Å². The maximum absolute atomic E-state index is 11.5. The summed E-state index contributed by atoms with van der Waals surface area (Å²) in [7, 11) is 0. The van der Waals surface area contributed by atoms with Gasteiger partial charge in [0, 0.05) is 6.54 Å². The Morgan fingerprint density at radius 3 is 2.53 bits per heavy atom. The second kappa shape index (κ2) is 8.31. The zero-order valence-electron chi connectivity index (χ0n) is 9.97. The van der Waals surface area contributed by atoms with Crippen molar-refractivity contribution in [3.05, 3.63) is 0 Å². The van der Waals surface area contributed by atoms with E-state index in [2.05, 4.69) is 23.5 Å². The molecule has 0 aromatic carbocycles. The number of nitrogens with one attached hydrogen (secondary N) is 2. The highest BCUT2D eigenvalue weighted by molar-refractivity contribution is 5.81. The van der Waals surface area contributed by atoms with Gasteiger partial charge in [0.1, 0.15) is 0 Å². The molecule has 0 saturated carbocycles. The highest BCUT2D eigenvalue weighted by Gasteiger charge is 2.14. The number of terminal acetylenes is 1. The van der Waals surface area contributed by atoms with Crippen LogP contribution in [0.1, 0.15) is 40.0 Å². The minimum absolute atomic E-state index is 0.00243. The van der Waals surface area contributed by atoms with Crippen LogP contribution in [0.5, 0.6) is 0 Å². The quantitative estimate of drug-likeness (QED) is 0.622. The summed E-state index contributed by atoms with van der Waals surface area (Å²) in [5.41, 5.74) is 0. The minimum Gasteiger partial charge on any atom is -0.355 e. The second-order valence-corrected chi connectivity index (χ2v) is 3.69. The van der Waals surface area contributed by atoms with Gasteiger partial charge in [0.15, 0.2) is 0 Å². The zero-order chi connectivity index (χ0) is 11.7. The molecule has 0 bridgehead atoms. The Hall–Kier alpha value is -1.01. The Bertz CT molecular complexity index is 220. The number of carbonyl (C=O) groups is 1.